The van der Waals surface area contributed by atoms with Crippen molar-refractivity contribution in [3.63, 3.8) is 0 Å². The number of rotatable bonds is 6. The molecule has 0 radical (unpaired) electrons. The molecule has 1 N–H and O–H groups in total. The van der Waals surface area contributed by atoms with Gasteiger partial charge in [0.05, 0.1) is 17.9 Å². The van der Waals surface area contributed by atoms with Crippen LogP contribution in [0.4, 0.5) is 5.82 Å². The molecule has 2 aliphatic rings. The normalized spacial score (nSPS) is 19.5. The van der Waals surface area contributed by atoms with Crippen LogP contribution in [0.5, 0.6) is 0 Å². The van der Waals surface area contributed by atoms with Crippen molar-refractivity contribution in [2.75, 3.05) is 43.8 Å². The fourth-order valence-electron chi connectivity index (χ4n) is 4.61. The molecule has 9 heteroatoms. The van der Waals surface area contributed by atoms with Crippen LogP contribution in [-0.4, -0.2) is 66.6 Å². The molecule has 0 bridgehead atoms. The molecule has 166 valence electrons. The Hall–Kier alpha value is -1.89. The molecule has 30 heavy (non-hydrogen) atoms. The Balaban J connectivity index is 1.70. The lowest BCUT2D eigenvalue weighted by molar-refractivity contribution is -0.117. The minimum atomic E-state index is -3.18. The molecule has 2 fully saturated rings. The van der Waals surface area contributed by atoms with Gasteiger partial charge in [-0.1, -0.05) is 19.3 Å². The summed E-state index contributed by atoms with van der Waals surface area (Å²) in [6.45, 7) is 7.67. The lowest BCUT2D eigenvalue weighted by Gasteiger charge is -2.33. The van der Waals surface area contributed by atoms with E-state index in [1.54, 1.807) is 6.92 Å². The van der Waals surface area contributed by atoms with E-state index in [4.69, 9.17) is 0 Å². The second-order valence-corrected chi connectivity index (χ2v) is 10.6. The summed E-state index contributed by atoms with van der Waals surface area (Å²) in [6, 6.07) is 2.60. The quantitative estimate of drug-likeness (QED) is 0.740. The van der Waals surface area contributed by atoms with Crippen LogP contribution in [0.1, 0.15) is 61.9 Å². The summed E-state index contributed by atoms with van der Waals surface area (Å²) < 4.78 is 27.7. The maximum absolute atomic E-state index is 12.8. The van der Waals surface area contributed by atoms with Gasteiger partial charge in [-0.25, -0.2) is 8.42 Å². The van der Waals surface area contributed by atoms with E-state index in [1.807, 2.05) is 18.7 Å². The summed E-state index contributed by atoms with van der Waals surface area (Å²) in [5.41, 5.74) is 2.52. The number of piperazine rings is 1. The molecule has 0 aromatic carbocycles. The van der Waals surface area contributed by atoms with Gasteiger partial charge in [0.25, 0.3) is 0 Å². The number of carbonyl (C=O) groups is 1. The van der Waals surface area contributed by atoms with Gasteiger partial charge in [-0.3, -0.25) is 9.69 Å². The first-order valence-electron chi connectivity index (χ1n) is 10.9. The smallest absolute Gasteiger partial charge is 0.239 e. The highest BCUT2D eigenvalue weighted by Gasteiger charge is 2.28. The molecule has 3 rings (SSSR count). The first-order valence-corrected chi connectivity index (χ1v) is 12.5. The predicted octanol–water partition coefficient (Wildman–Crippen LogP) is 2.39. The van der Waals surface area contributed by atoms with Crippen molar-refractivity contribution >= 4 is 21.7 Å². The van der Waals surface area contributed by atoms with Crippen molar-refractivity contribution in [2.24, 2.45) is 0 Å². The summed E-state index contributed by atoms with van der Waals surface area (Å²) in [4.78, 5) is 14.8. The highest BCUT2D eigenvalue weighted by Crippen LogP contribution is 2.36. The molecule has 0 unspecified atom stereocenters. The van der Waals surface area contributed by atoms with Crippen LogP contribution in [0.25, 0.3) is 0 Å². The van der Waals surface area contributed by atoms with E-state index < -0.39 is 10.0 Å². The molecule has 1 saturated carbocycles. The summed E-state index contributed by atoms with van der Waals surface area (Å²) in [5.74, 6) is 0.561. The fraction of sp³-hybridized carbons (Fsp3) is 0.714. The van der Waals surface area contributed by atoms with Crippen LogP contribution in [0.2, 0.25) is 0 Å². The lowest BCUT2D eigenvalue weighted by Crippen LogP contribution is -2.50. The molecule has 0 atom stereocenters. The van der Waals surface area contributed by atoms with E-state index in [1.165, 1.54) is 23.6 Å². The summed E-state index contributed by atoms with van der Waals surface area (Å²) in [6.07, 6.45) is 5.71. The Kier molecular flexibility index (Phi) is 7.22. The topological polar surface area (TPSA) is 98.4 Å². The summed E-state index contributed by atoms with van der Waals surface area (Å²) in [5, 5.41) is 12.7. The van der Waals surface area contributed by atoms with Crippen LogP contribution >= 0.6 is 0 Å². The van der Waals surface area contributed by atoms with Crippen molar-refractivity contribution < 1.29 is 13.2 Å². The number of nitriles is 1. The standard InChI is InChI=1S/C21H33N5O3S/c1-4-30(28,29)25-12-10-24(11-13-25)15-20(27)23-21-19(14-22)16(2)17(3)26(21)18-8-6-5-7-9-18/h18H,4-13,15H2,1-3H3,(H,23,27). The Bertz CT molecular complexity index is 917. The summed E-state index contributed by atoms with van der Waals surface area (Å²) >= 11 is 0. The van der Waals surface area contributed by atoms with Crippen LogP contribution in [0.3, 0.4) is 0 Å². The molecular formula is C21H33N5O3S. The number of aromatic nitrogens is 1. The lowest BCUT2D eigenvalue weighted by atomic mass is 9.95. The number of nitrogens with zero attached hydrogens (tertiary/aromatic N) is 4. The molecule has 8 nitrogen and oxygen atoms in total. The van der Waals surface area contributed by atoms with Gasteiger partial charge in [0, 0.05) is 37.9 Å². The highest BCUT2D eigenvalue weighted by atomic mass is 32.2. The number of amides is 1. The second-order valence-electron chi connectivity index (χ2n) is 8.33. The van der Waals surface area contributed by atoms with Gasteiger partial charge in [-0.05, 0) is 39.2 Å². The molecule has 1 amide bonds. The maximum Gasteiger partial charge on any atom is 0.239 e. The van der Waals surface area contributed by atoms with E-state index >= 15 is 0 Å². The number of sulfonamides is 1. The molecule has 2 heterocycles. The molecular weight excluding hydrogens is 402 g/mol. The van der Waals surface area contributed by atoms with Crippen molar-refractivity contribution in [1.82, 2.24) is 13.8 Å². The average molecular weight is 436 g/mol. The SMILES string of the molecule is CCS(=O)(=O)N1CCN(CC(=O)Nc2c(C#N)c(C)c(C)n2C2CCCCC2)CC1. The minimum Gasteiger partial charge on any atom is -0.327 e. The largest absolute Gasteiger partial charge is 0.327 e. The van der Waals surface area contributed by atoms with Gasteiger partial charge in [-0.2, -0.15) is 9.57 Å². The zero-order valence-electron chi connectivity index (χ0n) is 18.3. The van der Waals surface area contributed by atoms with Crippen molar-refractivity contribution in [2.45, 2.75) is 58.9 Å². The Labute approximate surface area is 179 Å². The molecule has 1 aromatic heterocycles. The first kappa shape index (κ1) is 22.8. The van der Waals surface area contributed by atoms with Crippen LogP contribution in [0, 0.1) is 25.2 Å². The third-order valence-corrected chi connectivity index (χ3v) is 8.40. The zero-order chi connectivity index (χ0) is 21.9. The Morgan fingerprint density at radius 1 is 1.13 bits per heavy atom. The summed E-state index contributed by atoms with van der Waals surface area (Å²) in [7, 11) is -3.18. The van der Waals surface area contributed by atoms with Crippen LogP contribution in [-0.2, 0) is 14.8 Å². The van der Waals surface area contributed by atoms with E-state index in [9.17, 15) is 18.5 Å². The van der Waals surface area contributed by atoms with Crippen LogP contribution < -0.4 is 5.32 Å². The average Bonchev–Trinajstić information content (AvgIpc) is 2.98. The number of carbonyl (C=O) groups excluding carboxylic acids is 1. The van der Waals surface area contributed by atoms with Gasteiger partial charge in [0.15, 0.2) is 0 Å². The fourth-order valence-corrected chi connectivity index (χ4v) is 5.69. The highest BCUT2D eigenvalue weighted by molar-refractivity contribution is 7.89. The number of hydrogen-bond donors (Lipinski definition) is 1. The Morgan fingerprint density at radius 3 is 2.33 bits per heavy atom. The van der Waals surface area contributed by atoms with Gasteiger partial charge in [0.1, 0.15) is 11.9 Å². The molecule has 1 aliphatic carbocycles. The minimum absolute atomic E-state index is 0.0985. The van der Waals surface area contributed by atoms with Gasteiger partial charge in [-0.15, -0.1) is 0 Å². The number of nitrogens with one attached hydrogen (secondary N) is 1. The zero-order valence-corrected chi connectivity index (χ0v) is 19.1. The monoisotopic (exact) mass is 435 g/mol. The van der Waals surface area contributed by atoms with E-state index in [2.05, 4.69) is 16.0 Å². The van der Waals surface area contributed by atoms with Gasteiger partial charge >= 0.3 is 0 Å². The Morgan fingerprint density at radius 2 is 1.77 bits per heavy atom. The van der Waals surface area contributed by atoms with E-state index in [-0.39, 0.29) is 18.2 Å². The maximum atomic E-state index is 12.8. The molecule has 1 aromatic rings. The second kappa shape index (κ2) is 9.50. The van der Waals surface area contributed by atoms with E-state index in [0.717, 1.165) is 24.1 Å². The molecule has 1 saturated heterocycles. The predicted molar refractivity (Wildman–Crippen MR) is 117 cm³/mol. The van der Waals surface area contributed by atoms with Gasteiger partial charge < -0.3 is 9.88 Å². The third-order valence-electron chi connectivity index (χ3n) is 6.52. The molecule has 0 spiro atoms. The van der Waals surface area contributed by atoms with Crippen molar-refractivity contribution in [3.8, 4) is 6.07 Å². The van der Waals surface area contributed by atoms with Crippen LogP contribution in [0.15, 0.2) is 0 Å². The number of hydrogen-bond acceptors (Lipinski definition) is 5. The van der Waals surface area contributed by atoms with Crippen molar-refractivity contribution in [3.05, 3.63) is 16.8 Å². The van der Waals surface area contributed by atoms with Gasteiger partial charge in [0.2, 0.25) is 15.9 Å². The van der Waals surface area contributed by atoms with Crippen molar-refractivity contribution in [1.29, 1.82) is 5.26 Å². The molecule has 1 aliphatic heterocycles. The number of anilines is 1. The third kappa shape index (κ3) is 4.71. The van der Waals surface area contributed by atoms with E-state index in [0.29, 0.717) is 43.6 Å². The first-order chi connectivity index (χ1) is 14.3.